The lowest BCUT2D eigenvalue weighted by Crippen LogP contribution is -2.38. The first-order chi connectivity index (χ1) is 16.9. The second-order valence-corrected chi connectivity index (χ2v) is 9.29. The van der Waals surface area contributed by atoms with Gasteiger partial charge in [-0.3, -0.25) is 9.59 Å². The normalized spacial score (nSPS) is 26.4. The third-order valence-corrected chi connectivity index (χ3v) is 7.17. The predicted octanol–water partition coefficient (Wildman–Crippen LogP) is 3.46. The number of imide groups is 3. The fraction of sp³-hybridized carbons (Fsp3) is 0.577. The number of fused-ring (bicyclic) bond motifs is 3. The van der Waals surface area contributed by atoms with Crippen molar-refractivity contribution in [2.75, 3.05) is 27.4 Å². The average molecular weight is 488 g/mol. The number of aliphatic hydroxyl groups excluding tert-OH is 1. The van der Waals surface area contributed by atoms with Crippen LogP contribution in [0.1, 0.15) is 50.5 Å². The van der Waals surface area contributed by atoms with Crippen LogP contribution in [-0.2, 0) is 30.4 Å². The number of carbonyl (C=O) groups excluding carboxylic acids is 3. The summed E-state index contributed by atoms with van der Waals surface area (Å²) in [7, 11) is 2.77. The molecule has 35 heavy (non-hydrogen) atoms. The zero-order chi connectivity index (χ0) is 25.1. The highest BCUT2D eigenvalue weighted by atomic mass is 16.5. The maximum Gasteiger partial charge on any atom is 0.423 e. The topological polar surface area (TPSA) is 116 Å². The van der Waals surface area contributed by atoms with E-state index in [1.54, 1.807) is 13.2 Å². The SMILES string of the molecule is CCC/C(=C\c1ccc(CO)o1)CC[C@H]1OC[C@H]2C1=C(COC)C[C@H]1C(=O)N(C(=O)OC)C(=O)[C@H]12. The maximum atomic E-state index is 13.1. The lowest BCUT2D eigenvalue weighted by Gasteiger charge is -2.31. The van der Waals surface area contributed by atoms with Crippen LogP contribution in [0, 0.1) is 17.8 Å². The second kappa shape index (κ2) is 10.9. The summed E-state index contributed by atoms with van der Waals surface area (Å²) in [6.45, 7) is 2.66. The molecule has 9 heteroatoms. The van der Waals surface area contributed by atoms with E-state index in [9.17, 15) is 19.5 Å². The molecule has 2 fully saturated rings. The molecular weight excluding hydrogens is 454 g/mol. The lowest BCUT2D eigenvalue weighted by molar-refractivity contribution is -0.137. The monoisotopic (exact) mass is 487 g/mol. The molecule has 190 valence electrons. The van der Waals surface area contributed by atoms with Crippen molar-refractivity contribution in [2.45, 2.75) is 51.7 Å². The molecule has 0 unspecified atom stereocenters. The van der Waals surface area contributed by atoms with Crippen LogP contribution < -0.4 is 0 Å². The fourth-order valence-corrected chi connectivity index (χ4v) is 5.72. The molecule has 1 aliphatic carbocycles. The first-order valence-electron chi connectivity index (χ1n) is 12.1. The Morgan fingerprint density at radius 1 is 1.20 bits per heavy atom. The molecule has 0 saturated carbocycles. The number of carbonyl (C=O) groups is 3. The third kappa shape index (κ3) is 4.85. The Morgan fingerprint density at radius 3 is 2.66 bits per heavy atom. The van der Waals surface area contributed by atoms with Crippen molar-refractivity contribution in [3.63, 3.8) is 0 Å². The van der Waals surface area contributed by atoms with Gasteiger partial charge in [0.25, 0.3) is 0 Å². The fourth-order valence-electron chi connectivity index (χ4n) is 5.72. The maximum absolute atomic E-state index is 13.1. The minimum Gasteiger partial charge on any atom is -0.459 e. The van der Waals surface area contributed by atoms with Gasteiger partial charge in [0, 0.05) is 13.0 Å². The van der Waals surface area contributed by atoms with E-state index in [1.165, 1.54) is 5.57 Å². The highest BCUT2D eigenvalue weighted by Crippen LogP contribution is 2.50. The number of hydrogen-bond donors (Lipinski definition) is 1. The van der Waals surface area contributed by atoms with Crippen LogP contribution in [-0.4, -0.2) is 61.5 Å². The molecule has 0 aromatic carbocycles. The number of ether oxygens (including phenoxy) is 3. The molecule has 0 radical (unpaired) electrons. The summed E-state index contributed by atoms with van der Waals surface area (Å²) in [5, 5.41) is 9.25. The standard InChI is InChI=1S/C26H33NO8/c1-4-5-15(10-17-7-8-18(12-28)35-17)6-9-21-22-16(13-32-2)11-19-23(20(22)14-34-21)25(30)27(24(19)29)26(31)33-3/h7-8,10,19-21,23,28H,4-6,9,11-14H2,1-3H3/b15-10+/t19-,20+,21-,23-/m1/s1. The van der Waals surface area contributed by atoms with E-state index in [0.717, 1.165) is 43.9 Å². The molecule has 1 aromatic heterocycles. The number of furan rings is 1. The number of methoxy groups -OCH3 is 2. The highest BCUT2D eigenvalue weighted by Gasteiger charge is 2.58. The van der Waals surface area contributed by atoms with Crippen molar-refractivity contribution in [2.24, 2.45) is 17.8 Å². The molecule has 0 bridgehead atoms. The number of allylic oxidation sites excluding steroid dienone is 1. The van der Waals surface area contributed by atoms with Gasteiger partial charge in [-0.2, -0.15) is 4.90 Å². The van der Waals surface area contributed by atoms with Gasteiger partial charge in [-0.05, 0) is 55.0 Å². The predicted molar refractivity (Wildman–Crippen MR) is 125 cm³/mol. The molecule has 1 aromatic rings. The summed E-state index contributed by atoms with van der Waals surface area (Å²) in [6, 6.07) is 3.61. The Balaban J connectivity index is 1.55. The van der Waals surface area contributed by atoms with Gasteiger partial charge in [0.05, 0.1) is 38.3 Å². The molecule has 9 nitrogen and oxygen atoms in total. The Bertz CT molecular complexity index is 1040. The van der Waals surface area contributed by atoms with Gasteiger partial charge in [-0.25, -0.2) is 4.79 Å². The van der Waals surface area contributed by atoms with E-state index in [1.807, 2.05) is 12.1 Å². The van der Waals surface area contributed by atoms with Crippen molar-refractivity contribution in [1.29, 1.82) is 0 Å². The first-order valence-corrected chi connectivity index (χ1v) is 12.1. The molecular formula is C26H33NO8. The van der Waals surface area contributed by atoms with E-state index < -0.39 is 29.7 Å². The summed E-state index contributed by atoms with van der Waals surface area (Å²) >= 11 is 0. The summed E-state index contributed by atoms with van der Waals surface area (Å²) in [5.74, 6) is -1.25. The van der Waals surface area contributed by atoms with E-state index in [2.05, 4.69) is 11.7 Å². The number of likely N-dealkylation sites (tertiary alicyclic amines) is 1. The van der Waals surface area contributed by atoms with Crippen LogP contribution in [0.25, 0.3) is 6.08 Å². The second-order valence-electron chi connectivity index (χ2n) is 9.29. The summed E-state index contributed by atoms with van der Waals surface area (Å²) < 4.78 is 21.9. The Labute approximate surface area is 204 Å². The van der Waals surface area contributed by atoms with Crippen molar-refractivity contribution >= 4 is 24.0 Å². The number of aliphatic hydroxyl groups is 1. The zero-order valence-corrected chi connectivity index (χ0v) is 20.5. The average Bonchev–Trinajstić information content (AvgIpc) is 3.54. The van der Waals surface area contributed by atoms with Crippen LogP contribution in [0.15, 0.2) is 33.3 Å². The minimum atomic E-state index is -0.934. The molecule has 3 aliphatic rings. The van der Waals surface area contributed by atoms with Gasteiger partial charge in [-0.15, -0.1) is 0 Å². The Hall–Kier alpha value is -2.75. The molecule has 1 N–H and O–H groups in total. The van der Waals surface area contributed by atoms with Crippen LogP contribution >= 0.6 is 0 Å². The van der Waals surface area contributed by atoms with Gasteiger partial charge in [0.2, 0.25) is 11.8 Å². The number of amides is 3. The van der Waals surface area contributed by atoms with Crippen LogP contribution in [0.3, 0.4) is 0 Å². The highest BCUT2D eigenvalue weighted by molar-refractivity contribution is 6.16. The van der Waals surface area contributed by atoms with Crippen LogP contribution in [0.5, 0.6) is 0 Å². The van der Waals surface area contributed by atoms with E-state index in [0.29, 0.717) is 36.1 Å². The molecule has 4 atom stereocenters. The van der Waals surface area contributed by atoms with Crippen LogP contribution in [0.2, 0.25) is 0 Å². The molecule has 2 aliphatic heterocycles. The molecule has 0 spiro atoms. The Morgan fingerprint density at radius 2 is 2.00 bits per heavy atom. The van der Waals surface area contributed by atoms with E-state index >= 15 is 0 Å². The summed E-state index contributed by atoms with van der Waals surface area (Å²) in [5.41, 5.74) is 3.23. The number of rotatable bonds is 9. The largest absolute Gasteiger partial charge is 0.459 e. The minimum absolute atomic E-state index is 0.137. The van der Waals surface area contributed by atoms with Crippen molar-refractivity contribution in [3.05, 3.63) is 40.4 Å². The van der Waals surface area contributed by atoms with Gasteiger partial charge >= 0.3 is 6.09 Å². The van der Waals surface area contributed by atoms with Crippen molar-refractivity contribution in [3.8, 4) is 0 Å². The quantitative estimate of drug-likeness (QED) is 0.416. The van der Waals surface area contributed by atoms with Gasteiger partial charge in [-0.1, -0.05) is 18.9 Å². The molecule has 4 rings (SSSR count). The van der Waals surface area contributed by atoms with Crippen molar-refractivity contribution < 1.29 is 38.1 Å². The Kier molecular flexibility index (Phi) is 7.88. The summed E-state index contributed by atoms with van der Waals surface area (Å²) in [4.78, 5) is 38.8. The smallest absolute Gasteiger partial charge is 0.423 e. The molecule has 2 saturated heterocycles. The van der Waals surface area contributed by atoms with Gasteiger partial charge < -0.3 is 23.7 Å². The summed E-state index contributed by atoms with van der Waals surface area (Å²) in [6.07, 6.45) is 4.65. The lowest BCUT2D eigenvalue weighted by atomic mass is 9.69. The number of hydrogen-bond acceptors (Lipinski definition) is 8. The number of nitrogens with zero attached hydrogens (tertiary/aromatic N) is 1. The molecule has 3 amide bonds. The van der Waals surface area contributed by atoms with Gasteiger partial charge in [0.15, 0.2) is 0 Å². The van der Waals surface area contributed by atoms with E-state index in [-0.39, 0.29) is 18.6 Å². The first kappa shape index (κ1) is 25.3. The van der Waals surface area contributed by atoms with Gasteiger partial charge in [0.1, 0.15) is 18.1 Å². The molecule has 3 heterocycles. The van der Waals surface area contributed by atoms with E-state index in [4.69, 9.17) is 13.9 Å². The van der Waals surface area contributed by atoms with Crippen molar-refractivity contribution in [1.82, 2.24) is 4.90 Å². The van der Waals surface area contributed by atoms with Crippen LogP contribution in [0.4, 0.5) is 4.79 Å². The zero-order valence-electron chi connectivity index (χ0n) is 20.5. The third-order valence-electron chi connectivity index (χ3n) is 7.17.